The Balaban J connectivity index is 1.78. The van der Waals surface area contributed by atoms with E-state index in [1.807, 2.05) is 36.4 Å². The first-order valence-corrected chi connectivity index (χ1v) is 9.88. The van der Waals surface area contributed by atoms with Crippen LogP contribution in [0.1, 0.15) is 46.4 Å². The molecule has 0 unspecified atom stereocenters. The summed E-state index contributed by atoms with van der Waals surface area (Å²) in [6.07, 6.45) is 2.86. The lowest BCUT2D eigenvalue weighted by atomic mass is 9.80. The fourth-order valence-corrected chi connectivity index (χ4v) is 4.85. The Kier molecular flexibility index (Phi) is 4.19. The minimum atomic E-state index is -0.628. The Morgan fingerprint density at radius 1 is 0.966 bits per heavy atom. The van der Waals surface area contributed by atoms with Crippen molar-refractivity contribution in [2.24, 2.45) is 0 Å². The third-order valence-corrected chi connectivity index (χ3v) is 6.08. The minimum absolute atomic E-state index is 0.00230. The van der Waals surface area contributed by atoms with Crippen LogP contribution in [-0.2, 0) is 0 Å². The van der Waals surface area contributed by atoms with Crippen LogP contribution in [0.15, 0.2) is 71.7 Å². The predicted octanol–water partition coefficient (Wildman–Crippen LogP) is 2.94. The second-order valence-corrected chi connectivity index (χ2v) is 7.65. The average molecular weight is 387 g/mol. The maximum atomic E-state index is 13.1. The van der Waals surface area contributed by atoms with Gasteiger partial charge in [-0.3, -0.25) is 14.3 Å². The van der Waals surface area contributed by atoms with Gasteiger partial charge in [-0.15, -0.1) is 0 Å². The molecule has 0 spiro atoms. The molecule has 0 aliphatic carbocycles. The van der Waals surface area contributed by atoms with Gasteiger partial charge < -0.3 is 10.0 Å². The first-order chi connectivity index (χ1) is 14.2. The van der Waals surface area contributed by atoms with Gasteiger partial charge in [-0.25, -0.2) is 0 Å². The summed E-state index contributed by atoms with van der Waals surface area (Å²) in [4.78, 5) is 26.9. The largest absolute Gasteiger partial charge is 0.502 e. The van der Waals surface area contributed by atoms with Crippen LogP contribution in [0.2, 0.25) is 0 Å². The Morgan fingerprint density at radius 2 is 1.59 bits per heavy atom. The summed E-state index contributed by atoms with van der Waals surface area (Å²) in [6.45, 7) is 0.624. The van der Waals surface area contributed by atoms with E-state index in [9.17, 15) is 14.7 Å². The first kappa shape index (κ1) is 17.7. The summed E-state index contributed by atoms with van der Waals surface area (Å²) in [6, 6.07) is 20.0. The van der Waals surface area contributed by atoms with E-state index in [0.717, 1.165) is 30.2 Å². The summed E-state index contributed by atoms with van der Waals surface area (Å²) < 4.78 is 1.59. The van der Waals surface area contributed by atoms with Crippen LogP contribution in [0.4, 0.5) is 0 Å². The van der Waals surface area contributed by atoms with Crippen molar-refractivity contribution < 1.29 is 9.90 Å². The van der Waals surface area contributed by atoms with Gasteiger partial charge in [0.05, 0.1) is 18.3 Å². The van der Waals surface area contributed by atoms with Crippen molar-refractivity contribution in [3.63, 3.8) is 0 Å². The van der Waals surface area contributed by atoms with E-state index < -0.39 is 11.2 Å². The molecule has 1 fully saturated rings. The van der Waals surface area contributed by atoms with E-state index in [2.05, 4.69) is 29.4 Å². The summed E-state index contributed by atoms with van der Waals surface area (Å²) in [5.74, 6) is -0.907. The maximum absolute atomic E-state index is 13.1. The molecular weight excluding hydrogens is 366 g/mol. The zero-order valence-electron chi connectivity index (χ0n) is 15.8. The van der Waals surface area contributed by atoms with Crippen molar-refractivity contribution in [3.05, 3.63) is 93.9 Å². The van der Waals surface area contributed by atoms with E-state index in [1.54, 1.807) is 9.58 Å². The Morgan fingerprint density at radius 3 is 2.21 bits per heavy atom. The molecule has 3 heterocycles. The van der Waals surface area contributed by atoms with E-state index in [4.69, 9.17) is 0 Å². The molecule has 3 aromatic rings. The molecule has 1 N–H and O–H groups in total. The van der Waals surface area contributed by atoms with Gasteiger partial charge in [0, 0.05) is 12.5 Å². The number of aromatic hydroxyl groups is 1. The molecule has 1 amide bonds. The smallest absolute Gasteiger partial charge is 0.276 e. The molecule has 29 heavy (non-hydrogen) atoms. The highest BCUT2D eigenvalue weighted by atomic mass is 16.3. The standard InChI is InChI=1S/C23H21N3O3/c27-18-14-24-26-20(17-12-7-13-25(17)23(29)21(26)22(18)28)19(15-8-3-1-4-9-15)16-10-5-2-6-11-16/h1-6,8-11,14,17,19-20,28H,7,12-13H2/t17-,20-/m0/s1. The number of carbonyl (C=O) groups is 1. The Hall–Kier alpha value is -3.41. The van der Waals surface area contributed by atoms with Crippen LogP contribution >= 0.6 is 0 Å². The molecule has 0 saturated carbocycles. The van der Waals surface area contributed by atoms with Crippen LogP contribution in [0.3, 0.4) is 0 Å². The summed E-state index contributed by atoms with van der Waals surface area (Å²) in [5.41, 5.74) is 1.58. The summed E-state index contributed by atoms with van der Waals surface area (Å²) >= 11 is 0. The Bertz CT molecular complexity index is 1070. The van der Waals surface area contributed by atoms with Crippen LogP contribution in [-0.4, -0.2) is 38.3 Å². The van der Waals surface area contributed by atoms with E-state index in [0.29, 0.717) is 6.54 Å². The normalized spacial score (nSPS) is 20.6. The molecule has 0 radical (unpaired) electrons. The van der Waals surface area contributed by atoms with Gasteiger partial charge in [0.25, 0.3) is 5.91 Å². The molecule has 1 aromatic heterocycles. The predicted molar refractivity (Wildman–Crippen MR) is 108 cm³/mol. The van der Waals surface area contributed by atoms with E-state index >= 15 is 0 Å². The number of rotatable bonds is 3. The van der Waals surface area contributed by atoms with Crippen molar-refractivity contribution >= 4 is 5.91 Å². The number of hydrogen-bond donors (Lipinski definition) is 1. The lowest BCUT2D eigenvalue weighted by Gasteiger charge is -2.42. The van der Waals surface area contributed by atoms with Gasteiger partial charge in [0.15, 0.2) is 11.4 Å². The molecule has 2 aromatic carbocycles. The van der Waals surface area contributed by atoms with Crippen molar-refractivity contribution in [2.75, 3.05) is 6.54 Å². The monoisotopic (exact) mass is 387 g/mol. The number of amides is 1. The van der Waals surface area contributed by atoms with Crippen molar-refractivity contribution in [1.29, 1.82) is 0 Å². The molecule has 6 heteroatoms. The number of aromatic nitrogens is 2. The van der Waals surface area contributed by atoms with Crippen LogP contribution in [0.25, 0.3) is 0 Å². The highest BCUT2D eigenvalue weighted by molar-refractivity contribution is 5.96. The number of nitrogens with zero attached hydrogens (tertiary/aromatic N) is 3. The van der Waals surface area contributed by atoms with Gasteiger partial charge >= 0.3 is 0 Å². The Labute approximate surface area is 168 Å². The molecule has 0 bridgehead atoms. The third kappa shape index (κ3) is 2.75. The molecule has 1 saturated heterocycles. The average Bonchev–Trinajstić information content (AvgIpc) is 3.25. The van der Waals surface area contributed by atoms with Crippen LogP contribution in [0.5, 0.6) is 5.75 Å². The quantitative estimate of drug-likeness (QED) is 0.750. The zero-order chi connectivity index (χ0) is 20.0. The molecule has 5 rings (SSSR count). The van der Waals surface area contributed by atoms with Gasteiger partial charge in [0.1, 0.15) is 0 Å². The first-order valence-electron chi connectivity index (χ1n) is 9.88. The lowest BCUT2D eigenvalue weighted by Crippen LogP contribution is -2.50. The van der Waals surface area contributed by atoms with Crippen LogP contribution < -0.4 is 5.43 Å². The van der Waals surface area contributed by atoms with Crippen molar-refractivity contribution in [1.82, 2.24) is 14.7 Å². The van der Waals surface area contributed by atoms with Gasteiger partial charge in [-0.05, 0) is 24.0 Å². The number of benzene rings is 2. The number of fused-ring (bicyclic) bond motifs is 2. The molecule has 2 aliphatic heterocycles. The summed E-state index contributed by atoms with van der Waals surface area (Å²) in [7, 11) is 0. The second kappa shape index (κ2) is 6.88. The third-order valence-electron chi connectivity index (χ3n) is 6.08. The number of hydrogen-bond acceptors (Lipinski definition) is 4. The highest BCUT2D eigenvalue weighted by Crippen LogP contribution is 2.45. The van der Waals surface area contributed by atoms with E-state index in [1.165, 1.54) is 0 Å². The minimum Gasteiger partial charge on any atom is -0.502 e. The van der Waals surface area contributed by atoms with Gasteiger partial charge in [-0.1, -0.05) is 60.7 Å². The summed E-state index contributed by atoms with van der Waals surface area (Å²) in [5, 5.41) is 14.8. The SMILES string of the molecule is O=C1c2c(O)c(=O)cnn2[C@H](C(c2ccccc2)c2ccccc2)[C@@H]2CCCN12. The topological polar surface area (TPSA) is 75.4 Å². The molecule has 2 aliphatic rings. The van der Waals surface area contributed by atoms with Crippen molar-refractivity contribution in [2.45, 2.75) is 30.8 Å². The molecule has 6 nitrogen and oxygen atoms in total. The number of carbonyl (C=O) groups excluding carboxylic acids is 1. The van der Waals surface area contributed by atoms with Crippen molar-refractivity contribution in [3.8, 4) is 5.75 Å². The molecule has 146 valence electrons. The van der Waals surface area contributed by atoms with Gasteiger partial charge in [0.2, 0.25) is 5.43 Å². The molecular formula is C23H21N3O3. The fraction of sp³-hybridized carbons (Fsp3) is 0.261. The lowest BCUT2D eigenvalue weighted by molar-refractivity contribution is 0.0565. The zero-order valence-corrected chi connectivity index (χ0v) is 15.8. The van der Waals surface area contributed by atoms with Gasteiger partial charge in [-0.2, -0.15) is 5.10 Å². The fourth-order valence-electron chi connectivity index (χ4n) is 4.85. The van der Waals surface area contributed by atoms with E-state index in [-0.39, 0.29) is 29.6 Å². The highest BCUT2D eigenvalue weighted by Gasteiger charge is 2.47. The van der Waals surface area contributed by atoms with Crippen LogP contribution in [0, 0.1) is 0 Å². The maximum Gasteiger partial charge on any atom is 0.276 e. The second-order valence-electron chi connectivity index (χ2n) is 7.65. The molecule has 2 atom stereocenters.